The first-order valence-corrected chi connectivity index (χ1v) is 4.45. The van der Waals surface area contributed by atoms with E-state index in [1.807, 2.05) is 0 Å². The van der Waals surface area contributed by atoms with Gasteiger partial charge in [0.05, 0.1) is 0 Å². The van der Waals surface area contributed by atoms with Crippen LogP contribution in [0.3, 0.4) is 0 Å². The Kier molecular flexibility index (Phi) is 3.28. The summed E-state index contributed by atoms with van der Waals surface area (Å²) in [5.74, 6) is 2.37. The molecule has 0 aliphatic rings. The fourth-order valence-corrected chi connectivity index (χ4v) is 0.810. The predicted molar refractivity (Wildman–Crippen MR) is 38.2 cm³/mol. The molecule has 9 heavy (non-hydrogen) atoms. The van der Waals surface area contributed by atoms with Gasteiger partial charge in [-0.15, -0.1) is 12.3 Å². The molecule has 0 heterocycles. The van der Waals surface area contributed by atoms with Crippen molar-refractivity contribution >= 4 is 9.92 Å². The molecular weight excluding hydrogens is 136 g/mol. The van der Waals surface area contributed by atoms with Crippen LogP contribution in [0.1, 0.15) is 6.42 Å². The van der Waals surface area contributed by atoms with Gasteiger partial charge in [0.25, 0.3) is 0 Å². The minimum atomic E-state index is -2.54. The molecule has 0 aromatic heterocycles. The van der Waals surface area contributed by atoms with Crippen molar-refractivity contribution < 1.29 is 4.21 Å². The van der Waals surface area contributed by atoms with Gasteiger partial charge in [0, 0.05) is 19.2 Å². The number of nitrogens with one attached hydrogen (secondary N) is 2. The smallest absolute Gasteiger partial charge is 0.102 e. The molecule has 0 aromatic rings. The second-order valence-electron chi connectivity index (χ2n) is 1.69. The highest BCUT2D eigenvalue weighted by Gasteiger charge is 1.91. The maximum Gasteiger partial charge on any atom is 0.102 e. The minimum absolute atomic E-state index is 0.454. The molecule has 0 aliphatic heterocycles. The van der Waals surface area contributed by atoms with Crippen LogP contribution in [0.15, 0.2) is 0 Å². The quantitative estimate of drug-likeness (QED) is 0.433. The van der Waals surface area contributed by atoms with Crippen LogP contribution in [0.2, 0.25) is 0 Å². The Labute approximate surface area is 56.0 Å². The molecule has 0 radical (unpaired) electrons. The first-order valence-electron chi connectivity index (χ1n) is 2.48. The monoisotopic (exact) mass is 146 g/mol. The lowest BCUT2D eigenvalue weighted by atomic mass is 10.5. The highest BCUT2D eigenvalue weighted by atomic mass is 32.2. The Morgan fingerprint density at radius 2 is 2.44 bits per heavy atom. The van der Waals surface area contributed by atoms with Crippen LogP contribution in [0, 0.1) is 17.1 Å². The maximum atomic E-state index is 10.5. The van der Waals surface area contributed by atoms with Gasteiger partial charge in [0.1, 0.15) is 9.92 Å². The molecule has 0 saturated heterocycles. The molecule has 52 valence electrons. The van der Waals surface area contributed by atoms with Crippen LogP contribution in [-0.4, -0.2) is 17.0 Å². The molecule has 1 atom stereocenters. The van der Waals surface area contributed by atoms with Crippen LogP contribution in [0.5, 0.6) is 0 Å². The molecule has 4 heteroatoms. The van der Waals surface area contributed by atoms with E-state index in [9.17, 15) is 4.21 Å². The predicted octanol–water partition coefficient (Wildman–Crippen LogP) is 0.191. The van der Waals surface area contributed by atoms with E-state index >= 15 is 0 Å². The summed E-state index contributed by atoms with van der Waals surface area (Å²) in [6, 6.07) is 0. The lowest BCUT2D eigenvalue weighted by Gasteiger charge is -1.98. The fraction of sp³-hybridized carbons (Fsp3) is 0.600. The van der Waals surface area contributed by atoms with Crippen LogP contribution in [-0.2, 0) is 9.92 Å². The highest BCUT2D eigenvalue weighted by Crippen LogP contribution is 1.76. The summed E-state index contributed by atoms with van der Waals surface area (Å²) in [4.78, 5) is 0. The number of rotatable bonds is 3. The molecule has 0 aliphatic carbocycles. The van der Waals surface area contributed by atoms with Crippen molar-refractivity contribution in [1.82, 2.24) is 4.72 Å². The first-order chi connectivity index (χ1) is 4.06. The van der Waals surface area contributed by atoms with Gasteiger partial charge >= 0.3 is 0 Å². The van der Waals surface area contributed by atoms with Gasteiger partial charge in [0.2, 0.25) is 0 Å². The number of hydrogen-bond acceptors (Lipinski definition) is 2. The Morgan fingerprint density at radius 1 is 1.89 bits per heavy atom. The maximum absolute atomic E-state index is 10.5. The van der Waals surface area contributed by atoms with E-state index < -0.39 is 9.92 Å². The Bertz CT molecular complexity index is 199. The average molecular weight is 146 g/mol. The van der Waals surface area contributed by atoms with Gasteiger partial charge < -0.3 is 0 Å². The topological polar surface area (TPSA) is 53.0 Å². The fourth-order valence-electron chi connectivity index (χ4n) is 0.318. The van der Waals surface area contributed by atoms with E-state index in [1.54, 1.807) is 0 Å². The van der Waals surface area contributed by atoms with Crippen molar-refractivity contribution in [2.75, 3.05) is 12.8 Å². The number of hydrogen-bond donors (Lipinski definition) is 2. The van der Waals surface area contributed by atoms with E-state index in [0.717, 1.165) is 0 Å². The first kappa shape index (κ1) is 8.47. The summed E-state index contributed by atoms with van der Waals surface area (Å²) in [6.45, 7) is 0.454. The second kappa shape index (κ2) is 3.49. The van der Waals surface area contributed by atoms with Gasteiger partial charge in [-0.1, -0.05) is 0 Å². The normalized spacial score (nSPS) is 16.0. The van der Waals surface area contributed by atoms with Crippen LogP contribution < -0.4 is 4.72 Å². The number of terminal acetylenes is 1. The Balaban J connectivity index is 3.44. The summed E-state index contributed by atoms with van der Waals surface area (Å²) >= 11 is 0. The standard InChI is InChI=1S/C5H10N2OS/c1-3-4-5-7-9(2,6)8/h1H,4-5H2,2H3,(H2,6,7,8). The lowest BCUT2D eigenvalue weighted by molar-refractivity contribution is 0.667. The largest absolute Gasteiger partial charge is 0.241 e. The summed E-state index contributed by atoms with van der Waals surface area (Å²) in [5.41, 5.74) is 0. The molecule has 2 N–H and O–H groups in total. The third kappa shape index (κ3) is 7.47. The van der Waals surface area contributed by atoms with Crippen molar-refractivity contribution in [3.05, 3.63) is 0 Å². The minimum Gasteiger partial charge on any atom is -0.241 e. The Morgan fingerprint density at radius 3 is 2.78 bits per heavy atom. The van der Waals surface area contributed by atoms with Gasteiger partial charge in [-0.25, -0.2) is 13.7 Å². The molecule has 1 unspecified atom stereocenters. The van der Waals surface area contributed by atoms with Crippen molar-refractivity contribution in [1.29, 1.82) is 4.78 Å². The second-order valence-corrected chi connectivity index (χ2v) is 3.67. The molecule has 0 spiro atoms. The molecule has 0 bridgehead atoms. The van der Waals surface area contributed by atoms with Gasteiger partial charge in [-0.05, 0) is 0 Å². The van der Waals surface area contributed by atoms with Crippen LogP contribution >= 0.6 is 0 Å². The lowest BCUT2D eigenvalue weighted by Crippen LogP contribution is -2.21. The summed E-state index contributed by atoms with van der Waals surface area (Å²) in [6.07, 6.45) is 6.75. The van der Waals surface area contributed by atoms with E-state index in [1.165, 1.54) is 6.26 Å². The van der Waals surface area contributed by atoms with Crippen molar-refractivity contribution in [2.24, 2.45) is 0 Å². The van der Waals surface area contributed by atoms with E-state index in [2.05, 4.69) is 10.6 Å². The van der Waals surface area contributed by atoms with Crippen molar-refractivity contribution in [2.45, 2.75) is 6.42 Å². The van der Waals surface area contributed by atoms with Gasteiger partial charge in [-0.3, -0.25) is 0 Å². The van der Waals surface area contributed by atoms with Crippen molar-refractivity contribution in [3.8, 4) is 12.3 Å². The molecule has 3 nitrogen and oxygen atoms in total. The van der Waals surface area contributed by atoms with E-state index in [4.69, 9.17) is 11.2 Å². The molecule has 0 rings (SSSR count). The third-order valence-corrected chi connectivity index (χ3v) is 1.40. The SMILES string of the molecule is C#CCCNS(C)(=N)=O. The molecule has 0 amide bonds. The van der Waals surface area contributed by atoms with Crippen molar-refractivity contribution in [3.63, 3.8) is 0 Å². The zero-order chi connectivity index (χ0) is 7.33. The van der Waals surface area contributed by atoms with Crippen LogP contribution in [0.25, 0.3) is 0 Å². The zero-order valence-corrected chi connectivity index (χ0v) is 6.12. The molecule has 0 aromatic carbocycles. The summed E-state index contributed by atoms with van der Waals surface area (Å²) in [5, 5.41) is 0. The van der Waals surface area contributed by atoms with E-state index in [-0.39, 0.29) is 0 Å². The zero-order valence-electron chi connectivity index (χ0n) is 5.31. The molecule has 0 saturated carbocycles. The van der Waals surface area contributed by atoms with Crippen LogP contribution in [0.4, 0.5) is 0 Å². The highest BCUT2D eigenvalue weighted by molar-refractivity contribution is 7.89. The average Bonchev–Trinajstić information content (AvgIpc) is 1.63. The molecular formula is C5H10N2OS. The van der Waals surface area contributed by atoms with Gasteiger partial charge in [-0.2, -0.15) is 0 Å². The van der Waals surface area contributed by atoms with E-state index in [0.29, 0.717) is 13.0 Å². The summed E-state index contributed by atoms with van der Waals surface area (Å²) in [7, 11) is -2.54. The molecule has 0 fully saturated rings. The Hall–Kier alpha value is -0.530. The van der Waals surface area contributed by atoms with Gasteiger partial charge in [0.15, 0.2) is 0 Å². The third-order valence-electron chi connectivity index (χ3n) is 0.647. The summed E-state index contributed by atoms with van der Waals surface area (Å²) < 4.78 is 19.9.